The highest BCUT2D eigenvalue weighted by Crippen LogP contribution is 2.22. The van der Waals surface area contributed by atoms with Gasteiger partial charge >= 0.3 is 0 Å². The lowest BCUT2D eigenvalue weighted by atomic mass is 10.1. The predicted molar refractivity (Wildman–Crippen MR) is 86.3 cm³/mol. The number of anilines is 1. The van der Waals surface area contributed by atoms with Crippen LogP contribution in [0.3, 0.4) is 0 Å². The SMILES string of the molecule is Cc1cnccc1CNc1cc(Br)ccc1C(N)=S. The van der Waals surface area contributed by atoms with Gasteiger partial charge in [0.1, 0.15) is 4.99 Å². The Labute approximate surface area is 126 Å². The van der Waals surface area contributed by atoms with E-state index < -0.39 is 0 Å². The summed E-state index contributed by atoms with van der Waals surface area (Å²) < 4.78 is 0.987. The summed E-state index contributed by atoms with van der Waals surface area (Å²) in [4.78, 5) is 4.47. The number of aryl methyl sites for hydroxylation is 1. The fourth-order valence-corrected chi connectivity index (χ4v) is 2.31. The molecule has 3 N–H and O–H groups in total. The number of benzene rings is 1. The Morgan fingerprint density at radius 3 is 2.89 bits per heavy atom. The van der Waals surface area contributed by atoms with E-state index in [1.807, 2.05) is 37.4 Å². The Hall–Kier alpha value is -1.46. The molecule has 0 fully saturated rings. The maximum absolute atomic E-state index is 5.73. The number of aromatic nitrogens is 1. The Morgan fingerprint density at radius 2 is 2.21 bits per heavy atom. The maximum Gasteiger partial charge on any atom is 0.106 e. The molecule has 0 saturated heterocycles. The monoisotopic (exact) mass is 335 g/mol. The molecule has 0 saturated carbocycles. The Bertz CT molecular complexity index is 613. The third kappa shape index (κ3) is 3.52. The number of pyridine rings is 1. The highest BCUT2D eigenvalue weighted by Gasteiger charge is 2.06. The quantitative estimate of drug-likeness (QED) is 0.841. The second kappa shape index (κ2) is 6.12. The van der Waals surface area contributed by atoms with Crippen molar-refractivity contribution in [2.24, 2.45) is 5.73 Å². The van der Waals surface area contributed by atoms with Crippen LogP contribution >= 0.6 is 28.1 Å². The van der Waals surface area contributed by atoms with Gasteiger partial charge in [0.25, 0.3) is 0 Å². The van der Waals surface area contributed by atoms with Crippen molar-refractivity contribution >= 4 is 38.8 Å². The molecule has 1 heterocycles. The first-order valence-corrected chi connectivity index (χ1v) is 7.01. The third-order valence-corrected chi connectivity index (χ3v) is 3.57. The Kier molecular flexibility index (Phi) is 4.50. The molecule has 1 aromatic carbocycles. The average molecular weight is 336 g/mol. The van der Waals surface area contributed by atoms with Crippen molar-refractivity contribution < 1.29 is 0 Å². The van der Waals surface area contributed by atoms with Gasteiger partial charge in [-0.05, 0) is 42.3 Å². The molecule has 0 spiro atoms. The summed E-state index contributed by atoms with van der Waals surface area (Å²) in [5.74, 6) is 0. The van der Waals surface area contributed by atoms with Gasteiger partial charge in [0.05, 0.1) is 0 Å². The average Bonchev–Trinajstić information content (AvgIpc) is 2.37. The van der Waals surface area contributed by atoms with Crippen molar-refractivity contribution in [3.63, 3.8) is 0 Å². The van der Waals surface area contributed by atoms with E-state index in [0.29, 0.717) is 11.5 Å². The molecule has 0 radical (unpaired) electrons. The van der Waals surface area contributed by atoms with E-state index in [-0.39, 0.29) is 0 Å². The van der Waals surface area contributed by atoms with Crippen LogP contribution in [-0.2, 0) is 6.54 Å². The summed E-state index contributed by atoms with van der Waals surface area (Å²) in [5.41, 5.74) is 9.86. The number of thiocarbonyl (C=S) groups is 1. The molecule has 0 amide bonds. The summed E-state index contributed by atoms with van der Waals surface area (Å²) in [6, 6.07) is 7.82. The number of nitrogens with two attached hydrogens (primary N) is 1. The fourth-order valence-electron chi connectivity index (χ4n) is 1.77. The van der Waals surface area contributed by atoms with Gasteiger partial charge in [0, 0.05) is 34.7 Å². The number of nitrogens with one attached hydrogen (secondary N) is 1. The van der Waals surface area contributed by atoms with Crippen LogP contribution < -0.4 is 11.1 Å². The summed E-state index contributed by atoms with van der Waals surface area (Å²) in [6.45, 7) is 2.75. The molecule has 0 aliphatic heterocycles. The maximum atomic E-state index is 5.73. The predicted octanol–water partition coefficient (Wildman–Crippen LogP) is 3.40. The fraction of sp³-hybridized carbons (Fsp3) is 0.143. The second-order valence-electron chi connectivity index (χ2n) is 4.21. The molecule has 0 unspecified atom stereocenters. The molecule has 0 bridgehead atoms. The van der Waals surface area contributed by atoms with Gasteiger partial charge in [-0.2, -0.15) is 0 Å². The molecule has 5 heteroatoms. The van der Waals surface area contributed by atoms with E-state index >= 15 is 0 Å². The van der Waals surface area contributed by atoms with Crippen molar-refractivity contribution in [3.8, 4) is 0 Å². The van der Waals surface area contributed by atoms with Gasteiger partial charge in [-0.3, -0.25) is 4.98 Å². The van der Waals surface area contributed by atoms with E-state index in [2.05, 4.69) is 26.2 Å². The first-order valence-electron chi connectivity index (χ1n) is 5.80. The van der Waals surface area contributed by atoms with Crippen molar-refractivity contribution in [2.75, 3.05) is 5.32 Å². The highest BCUT2D eigenvalue weighted by molar-refractivity contribution is 9.10. The van der Waals surface area contributed by atoms with Gasteiger partial charge in [0.2, 0.25) is 0 Å². The second-order valence-corrected chi connectivity index (χ2v) is 5.57. The van der Waals surface area contributed by atoms with E-state index in [4.69, 9.17) is 18.0 Å². The van der Waals surface area contributed by atoms with Gasteiger partial charge in [-0.15, -0.1) is 0 Å². The number of halogens is 1. The van der Waals surface area contributed by atoms with Crippen LogP contribution in [0.5, 0.6) is 0 Å². The van der Waals surface area contributed by atoms with E-state index in [0.717, 1.165) is 21.3 Å². The molecule has 2 rings (SSSR count). The van der Waals surface area contributed by atoms with Crippen molar-refractivity contribution in [1.82, 2.24) is 4.98 Å². The molecule has 3 nitrogen and oxygen atoms in total. The van der Waals surface area contributed by atoms with Crippen molar-refractivity contribution in [3.05, 3.63) is 57.8 Å². The van der Waals surface area contributed by atoms with Crippen LogP contribution in [0.2, 0.25) is 0 Å². The first-order chi connectivity index (χ1) is 9.08. The van der Waals surface area contributed by atoms with Crippen LogP contribution in [0.4, 0.5) is 5.69 Å². The Morgan fingerprint density at radius 1 is 1.42 bits per heavy atom. The topological polar surface area (TPSA) is 50.9 Å². The minimum absolute atomic E-state index is 0.390. The van der Waals surface area contributed by atoms with Gasteiger partial charge < -0.3 is 11.1 Å². The van der Waals surface area contributed by atoms with Crippen LogP contribution in [0, 0.1) is 6.92 Å². The highest BCUT2D eigenvalue weighted by atomic mass is 79.9. The number of rotatable bonds is 4. The van der Waals surface area contributed by atoms with Crippen molar-refractivity contribution in [2.45, 2.75) is 13.5 Å². The minimum atomic E-state index is 0.390. The van der Waals surface area contributed by atoms with Crippen LogP contribution in [-0.4, -0.2) is 9.97 Å². The lowest BCUT2D eigenvalue weighted by Crippen LogP contribution is -2.13. The normalized spacial score (nSPS) is 10.2. The summed E-state index contributed by atoms with van der Waals surface area (Å²) in [5, 5.41) is 3.37. The van der Waals surface area contributed by atoms with Crippen LogP contribution in [0.1, 0.15) is 16.7 Å². The largest absolute Gasteiger partial charge is 0.389 e. The van der Waals surface area contributed by atoms with Crippen LogP contribution in [0.15, 0.2) is 41.1 Å². The minimum Gasteiger partial charge on any atom is -0.389 e. The molecule has 0 aliphatic rings. The van der Waals surface area contributed by atoms with Gasteiger partial charge in [-0.1, -0.05) is 28.1 Å². The molecule has 2 aromatic rings. The Balaban J connectivity index is 2.22. The lowest BCUT2D eigenvalue weighted by molar-refractivity contribution is 1.09. The standard InChI is InChI=1S/C14H14BrN3S/c1-9-7-17-5-4-10(9)8-18-13-6-11(15)2-3-12(13)14(16)19/h2-7,18H,8H2,1H3,(H2,16,19). The molecule has 98 valence electrons. The first kappa shape index (κ1) is 14.0. The smallest absolute Gasteiger partial charge is 0.106 e. The number of hydrogen-bond acceptors (Lipinski definition) is 3. The molecule has 1 aromatic heterocycles. The number of nitrogens with zero attached hydrogens (tertiary/aromatic N) is 1. The zero-order valence-electron chi connectivity index (χ0n) is 10.5. The van der Waals surface area contributed by atoms with Crippen LogP contribution in [0.25, 0.3) is 0 Å². The zero-order valence-corrected chi connectivity index (χ0v) is 12.9. The molecular formula is C14H14BrN3S. The molecular weight excluding hydrogens is 322 g/mol. The van der Waals surface area contributed by atoms with E-state index in [1.165, 1.54) is 5.56 Å². The summed E-state index contributed by atoms with van der Waals surface area (Å²) in [6.07, 6.45) is 3.64. The van der Waals surface area contributed by atoms with Crippen molar-refractivity contribution in [1.29, 1.82) is 0 Å². The summed E-state index contributed by atoms with van der Waals surface area (Å²) in [7, 11) is 0. The molecule has 0 aliphatic carbocycles. The third-order valence-electron chi connectivity index (χ3n) is 2.85. The lowest BCUT2D eigenvalue weighted by Gasteiger charge is -2.13. The van der Waals surface area contributed by atoms with E-state index in [9.17, 15) is 0 Å². The number of hydrogen-bond donors (Lipinski definition) is 2. The molecule has 19 heavy (non-hydrogen) atoms. The van der Waals surface area contributed by atoms with E-state index in [1.54, 1.807) is 6.20 Å². The van der Waals surface area contributed by atoms with Gasteiger partial charge in [0.15, 0.2) is 0 Å². The zero-order chi connectivity index (χ0) is 13.8. The van der Waals surface area contributed by atoms with Gasteiger partial charge in [-0.25, -0.2) is 0 Å². The molecule has 0 atom stereocenters. The summed E-state index contributed by atoms with van der Waals surface area (Å²) >= 11 is 8.51.